The van der Waals surface area contributed by atoms with Crippen LogP contribution in [-0.2, 0) is 4.79 Å². The van der Waals surface area contributed by atoms with E-state index in [2.05, 4.69) is 0 Å². The number of carbonyl (C=O) groups excluding carboxylic acids is 1. The molecule has 0 fully saturated rings. The summed E-state index contributed by atoms with van der Waals surface area (Å²) < 4.78 is 0. The number of rotatable bonds is 4. The highest BCUT2D eigenvalue weighted by molar-refractivity contribution is 5.79. The van der Waals surface area contributed by atoms with Crippen molar-refractivity contribution in [1.82, 2.24) is 5.48 Å². The maximum Gasteiger partial charge on any atom is 0.272 e. The SMILES string of the molecule is CCCC[C@@H](O)C(=O)NO. The second kappa shape index (κ2) is 5.20. The minimum atomic E-state index is -1.06. The Kier molecular flexibility index (Phi) is 4.88. The molecule has 4 heteroatoms. The maximum atomic E-state index is 10.4. The van der Waals surface area contributed by atoms with E-state index in [9.17, 15) is 4.79 Å². The van der Waals surface area contributed by atoms with Gasteiger partial charge >= 0.3 is 0 Å². The Morgan fingerprint density at radius 2 is 2.30 bits per heavy atom. The van der Waals surface area contributed by atoms with E-state index in [1.165, 1.54) is 5.48 Å². The zero-order chi connectivity index (χ0) is 7.98. The van der Waals surface area contributed by atoms with E-state index < -0.39 is 12.0 Å². The normalized spacial score (nSPS) is 12.7. The fraction of sp³-hybridized carbons (Fsp3) is 0.833. The molecule has 0 rings (SSSR count). The first-order valence-corrected chi connectivity index (χ1v) is 3.34. The van der Waals surface area contributed by atoms with E-state index in [1.54, 1.807) is 0 Å². The van der Waals surface area contributed by atoms with Crippen LogP contribution in [0.4, 0.5) is 0 Å². The molecule has 0 unspecified atom stereocenters. The smallest absolute Gasteiger partial charge is 0.272 e. The van der Waals surface area contributed by atoms with Crippen molar-refractivity contribution in [2.45, 2.75) is 32.3 Å². The topological polar surface area (TPSA) is 69.6 Å². The number of amides is 1. The van der Waals surface area contributed by atoms with Gasteiger partial charge in [-0.3, -0.25) is 10.0 Å². The van der Waals surface area contributed by atoms with Gasteiger partial charge in [0, 0.05) is 0 Å². The second-order valence-electron chi connectivity index (χ2n) is 2.13. The van der Waals surface area contributed by atoms with Gasteiger partial charge in [-0.15, -0.1) is 0 Å². The van der Waals surface area contributed by atoms with Crippen molar-refractivity contribution in [2.24, 2.45) is 0 Å². The van der Waals surface area contributed by atoms with E-state index >= 15 is 0 Å². The third-order valence-electron chi connectivity index (χ3n) is 1.24. The van der Waals surface area contributed by atoms with Crippen LogP contribution in [0.1, 0.15) is 26.2 Å². The van der Waals surface area contributed by atoms with Crippen molar-refractivity contribution in [3.63, 3.8) is 0 Å². The van der Waals surface area contributed by atoms with Gasteiger partial charge in [0.25, 0.3) is 5.91 Å². The van der Waals surface area contributed by atoms with Crippen molar-refractivity contribution in [3.8, 4) is 0 Å². The van der Waals surface area contributed by atoms with E-state index in [0.717, 1.165) is 12.8 Å². The van der Waals surface area contributed by atoms with Gasteiger partial charge < -0.3 is 5.11 Å². The molecule has 0 saturated heterocycles. The minimum Gasteiger partial charge on any atom is -0.383 e. The molecular formula is C6H13NO3. The van der Waals surface area contributed by atoms with Crippen LogP contribution in [0.3, 0.4) is 0 Å². The average Bonchev–Trinajstić information content (AvgIpc) is 1.98. The summed E-state index contributed by atoms with van der Waals surface area (Å²) in [6.45, 7) is 1.96. The van der Waals surface area contributed by atoms with Gasteiger partial charge in [0.05, 0.1) is 0 Å². The van der Waals surface area contributed by atoms with E-state index in [-0.39, 0.29) is 0 Å². The average molecular weight is 147 g/mol. The van der Waals surface area contributed by atoms with Crippen LogP contribution >= 0.6 is 0 Å². The number of unbranched alkanes of at least 4 members (excludes halogenated alkanes) is 1. The summed E-state index contributed by atoms with van der Waals surface area (Å²) in [4.78, 5) is 10.4. The number of hydroxylamine groups is 1. The molecule has 0 saturated carbocycles. The van der Waals surface area contributed by atoms with Gasteiger partial charge in [0.1, 0.15) is 6.10 Å². The Hall–Kier alpha value is -0.610. The van der Waals surface area contributed by atoms with Gasteiger partial charge in [0.15, 0.2) is 0 Å². The molecule has 1 atom stereocenters. The lowest BCUT2D eigenvalue weighted by atomic mass is 10.1. The van der Waals surface area contributed by atoms with Gasteiger partial charge in [0.2, 0.25) is 0 Å². The number of aliphatic hydroxyl groups is 1. The Labute approximate surface area is 59.8 Å². The lowest BCUT2D eigenvalue weighted by molar-refractivity contribution is -0.138. The van der Waals surface area contributed by atoms with Crippen LogP contribution in [0.5, 0.6) is 0 Å². The first-order chi connectivity index (χ1) is 4.72. The fourth-order valence-electron chi connectivity index (χ4n) is 0.603. The first kappa shape index (κ1) is 9.39. The summed E-state index contributed by atoms with van der Waals surface area (Å²) in [6.07, 6.45) is 1.05. The lowest BCUT2D eigenvalue weighted by Crippen LogP contribution is -2.31. The molecule has 0 aliphatic carbocycles. The predicted molar refractivity (Wildman–Crippen MR) is 35.5 cm³/mol. The van der Waals surface area contributed by atoms with Crippen LogP contribution in [0, 0.1) is 0 Å². The Morgan fingerprint density at radius 1 is 1.70 bits per heavy atom. The molecule has 0 aromatic heterocycles. The number of nitrogens with one attached hydrogen (secondary N) is 1. The highest BCUT2D eigenvalue weighted by Gasteiger charge is 2.11. The molecule has 0 spiro atoms. The number of aliphatic hydroxyl groups excluding tert-OH is 1. The molecule has 60 valence electrons. The third-order valence-corrected chi connectivity index (χ3v) is 1.24. The molecule has 1 amide bonds. The van der Waals surface area contributed by atoms with Gasteiger partial charge in [-0.2, -0.15) is 0 Å². The molecule has 3 N–H and O–H groups in total. The van der Waals surface area contributed by atoms with Crippen molar-refractivity contribution in [3.05, 3.63) is 0 Å². The minimum absolute atomic E-state index is 0.406. The molecule has 10 heavy (non-hydrogen) atoms. The molecule has 0 bridgehead atoms. The highest BCUT2D eigenvalue weighted by Crippen LogP contribution is 1.99. The van der Waals surface area contributed by atoms with Gasteiger partial charge in [-0.05, 0) is 6.42 Å². The lowest BCUT2D eigenvalue weighted by Gasteiger charge is -2.05. The maximum absolute atomic E-state index is 10.4. The Balaban J connectivity index is 3.41. The quantitative estimate of drug-likeness (QED) is 0.388. The van der Waals surface area contributed by atoms with Crippen LogP contribution in [0.15, 0.2) is 0 Å². The molecule has 0 aliphatic heterocycles. The Bertz CT molecular complexity index is 105. The molecule has 4 nitrogen and oxygen atoms in total. The van der Waals surface area contributed by atoms with Crippen LogP contribution in [0.25, 0.3) is 0 Å². The first-order valence-electron chi connectivity index (χ1n) is 3.34. The molecular weight excluding hydrogens is 134 g/mol. The van der Waals surface area contributed by atoms with E-state index in [4.69, 9.17) is 10.3 Å². The zero-order valence-corrected chi connectivity index (χ0v) is 6.00. The van der Waals surface area contributed by atoms with Crippen LogP contribution in [-0.4, -0.2) is 22.3 Å². The monoisotopic (exact) mass is 147 g/mol. The van der Waals surface area contributed by atoms with E-state index in [0.29, 0.717) is 6.42 Å². The summed E-state index contributed by atoms with van der Waals surface area (Å²) in [5.74, 6) is -0.728. The van der Waals surface area contributed by atoms with Gasteiger partial charge in [-0.1, -0.05) is 19.8 Å². The summed E-state index contributed by atoms with van der Waals surface area (Å²) in [7, 11) is 0. The van der Waals surface area contributed by atoms with E-state index in [1.807, 2.05) is 6.92 Å². The summed E-state index contributed by atoms with van der Waals surface area (Å²) in [5.41, 5.74) is 1.38. The molecule has 0 radical (unpaired) electrons. The second-order valence-corrected chi connectivity index (χ2v) is 2.13. The predicted octanol–water partition coefficient (Wildman–Crippen LogP) is 0.0429. The summed E-state index contributed by atoms with van der Waals surface area (Å²) >= 11 is 0. The molecule has 0 heterocycles. The number of carbonyl (C=O) groups is 1. The van der Waals surface area contributed by atoms with Crippen molar-refractivity contribution >= 4 is 5.91 Å². The number of hydrogen-bond donors (Lipinski definition) is 3. The van der Waals surface area contributed by atoms with Crippen molar-refractivity contribution in [2.75, 3.05) is 0 Å². The largest absolute Gasteiger partial charge is 0.383 e. The van der Waals surface area contributed by atoms with Crippen molar-refractivity contribution in [1.29, 1.82) is 0 Å². The standard InChI is InChI=1S/C6H13NO3/c1-2-3-4-5(8)6(9)7-10/h5,8,10H,2-4H2,1H3,(H,7,9)/t5-/m1/s1. The third kappa shape index (κ3) is 3.42. The molecule has 0 aliphatic rings. The highest BCUT2D eigenvalue weighted by atomic mass is 16.5. The molecule has 0 aromatic rings. The van der Waals surface area contributed by atoms with Crippen LogP contribution < -0.4 is 5.48 Å². The summed E-state index contributed by atoms with van der Waals surface area (Å²) in [6, 6.07) is 0. The number of hydrogen-bond acceptors (Lipinski definition) is 3. The summed E-state index contributed by atoms with van der Waals surface area (Å²) in [5, 5.41) is 16.9. The van der Waals surface area contributed by atoms with Crippen LogP contribution in [0.2, 0.25) is 0 Å². The Morgan fingerprint density at radius 3 is 2.70 bits per heavy atom. The van der Waals surface area contributed by atoms with Crippen molar-refractivity contribution < 1.29 is 15.1 Å². The van der Waals surface area contributed by atoms with Gasteiger partial charge in [-0.25, -0.2) is 5.48 Å². The fourth-order valence-corrected chi connectivity index (χ4v) is 0.603. The molecule has 0 aromatic carbocycles. The zero-order valence-electron chi connectivity index (χ0n) is 6.00.